The zero-order valence-corrected chi connectivity index (χ0v) is 9.40. The minimum absolute atomic E-state index is 0.0522. The molecule has 1 aromatic heterocycles. The molecule has 2 N–H and O–H groups in total. The second-order valence-electron chi connectivity index (χ2n) is 3.15. The van der Waals surface area contributed by atoms with Crippen molar-refractivity contribution in [3.05, 3.63) is 12.4 Å². The fraction of sp³-hybridized carbons (Fsp3) is 0.625. The molecule has 0 unspecified atom stereocenters. The molecule has 0 aromatic carbocycles. The van der Waals surface area contributed by atoms with E-state index in [9.17, 15) is 8.42 Å². The van der Waals surface area contributed by atoms with E-state index in [2.05, 4.69) is 5.10 Å². The second-order valence-corrected chi connectivity index (χ2v) is 4.89. The van der Waals surface area contributed by atoms with Gasteiger partial charge in [0.05, 0.1) is 18.1 Å². The van der Waals surface area contributed by atoms with Crippen molar-refractivity contribution in [3.8, 4) is 5.75 Å². The highest BCUT2D eigenvalue weighted by molar-refractivity contribution is 7.89. The number of nitrogens with two attached hydrogens (primary N) is 1. The first-order valence-electron chi connectivity index (χ1n) is 4.67. The smallest absolute Gasteiger partial charge is 0.212 e. The minimum atomic E-state index is -3.45. The van der Waals surface area contributed by atoms with E-state index < -0.39 is 10.0 Å². The highest BCUT2D eigenvalue weighted by Crippen LogP contribution is 2.08. The normalized spacial score (nSPS) is 11.6. The van der Waals surface area contributed by atoms with Gasteiger partial charge < -0.3 is 4.74 Å². The third-order valence-electron chi connectivity index (χ3n) is 1.70. The summed E-state index contributed by atoms with van der Waals surface area (Å²) in [4.78, 5) is 0. The summed E-state index contributed by atoms with van der Waals surface area (Å²) in [6, 6.07) is 0. The lowest BCUT2D eigenvalue weighted by Gasteiger charge is -2.01. The van der Waals surface area contributed by atoms with Crippen molar-refractivity contribution in [2.45, 2.75) is 19.9 Å². The molecule has 0 saturated carbocycles. The number of ether oxygens (including phenoxy) is 1. The van der Waals surface area contributed by atoms with E-state index in [4.69, 9.17) is 9.88 Å². The molecule has 0 amide bonds. The Bertz CT molecular complexity index is 399. The van der Waals surface area contributed by atoms with Crippen LogP contribution < -0.4 is 9.88 Å². The van der Waals surface area contributed by atoms with Gasteiger partial charge in [-0.3, -0.25) is 4.68 Å². The van der Waals surface area contributed by atoms with Crippen molar-refractivity contribution >= 4 is 10.0 Å². The van der Waals surface area contributed by atoms with E-state index in [-0.39, 0.29) is 12.4 Å². The summed E-state index contributed by atoms with van der Waals surface area (Å²) < 4.78 is 28.1. The summed E-state index contributed by atoms with van der Waals surface area (Å²) in [7, 11) is -3.45. The van der Waals surface area contributed by atoms with Crippen LogP contribution in [-0.4, -0.2) is 30.6 Å². The number of nitrogens with zero attached hydrogens (tertiary/aromatic N) is 2. The summed E-state index contributed by atoms with van der Waals surface area (Å²) in [6.45, 7) is 2.92. The average molecular weight is 233 g/mol. The summed E-state index contributed by atoms with van der Waals surface area (Å²) in [5.74, 6) is 0.374. The van der Waals surface area contributed by atoms with Gasteiger partial charge in [0.1, 0.15) is 6.61 Å². The van der Waals surface area contributed by atoms with Gasteiger partial charge in [-0.1, -0.05) is 6.92 Å². The number of primary sulfonamides is 1. The number of aryl methyl sites for hydroxylation is 1. The van der Waals surface area contributed by atoms with Crippen molar-refractivity contribution in [3.63, 3.8) is 0 Å². The molecule has 0 spiro atoms. The van der Waals surface area contributed by atoms with Crippen LogP contribution in [0.2, 0.25) is 0 Å². The molecule has 0 saturated heterocycles. The van der Waals surface area contributed by atoms with Crippen LogP contribution in [0, 0.1) is 0 Å². The average Bonchev–Trinajstić information content (AvgIpc) is 2.51. The van der Waals surface area contributed by atoms with Gasteiger partial charge in [0, 0.05) is 6.54 Å². The van der Waals surface area contributed by atoms with Gasteiger partial charge in [0.2, 0.25) is 10.0 Å². The SMILES string of the molecule is CCCn1cc(OCCS(N)(=O)=O)cn1. The third kappa shape index (κ3) is 4.80. The third-order valence-corrected chi connectivity index (χ3v) is 2.43. The highest BCUT2D eigenvalue weighted by atomic mass is 32.2. The van der Waals surface area contributed by atoms with Crippen molar-refractivity contribution < 1.29 is 13.2 Å². The van der Waals surface area contributed by atoms with Crippen molar-refractivity contribution in [1.82, 2.24) is 9.78 Å². The first-order chi connectivity index (χ1) is 7.01. The van der Waals surface area contributed by atoms with Gasteiger partial charge in [-0.2, -0.15) is 5.10 Å². The number of sulfonamides is 1. The Morgan fingerprint density at radius 3 is 2.93 bits per heavy atom. The molecule has 86 valence electrons. The van der Waals surface area contributed by atoms with Crippen LogP contribution in [0.15, 0.2) is 12.4 Å². The fourth-order valence-electron chi connectivity index (χ4n) is 1.05. The molecule has 0 aliphatic carbocycles. The number of aromatic nitrogens is 2. The van der Waals surface area contributed by atoms with Gasteiger partial charge >= 0.3 is 0 Å². The van der Waals surface area contributed by atoms with Crippen LogP contribution in [0.1, 0.15) is 13.3 Å². The lowest BCUT2D eigenvalue weighted by molar-refractivity contribution is 0.340. The zero-order valence-electron chi connectivity index (χ0n) is 8.59. The number of hydrogen-bond donors (Lipinski definition) is 1. The molecule has 0 atom stereocenters. The van der Waals surface area contributed by atoms with Gasteiger partial charge in [0.15, 0.2) is 5.75 Å². The molecule has 6 nitrogen and oxygen atoms in total. The van der Waals surface area contributed by atoms with Crippen LogP contribution in [-0.2, 0) is 16.6 Å². The van der Waals surface area contributed by atoms with Gasteiger partial charge in [0.25, 0.3) is 0 Å². The first-order valence-corrected chi connectivity index (χ1v) is 6.38. The number of hydrogen-bond acceptors (Lipinski definition) is 4. The standard InChI is InChI=1S/C8H15N3O3S/c1-2-3-11-7-8(6-10-11)14-4-5-15(9,12)13/h6-7H,2-5H2,1H3,(H2,9,12,13). The topological polar surface area (TPSA) is 87.2 Å². The van der Waals surface area contributed by atoms with Crippen LogP contribution in [0.5, 0.6) is 5.75 Å². The van der Waals surface area contributed by atoms with Gasteiger partial charge in [-0.05, 0) is 6.42 Å². The molecule has 0 radical (unpaired) electrons. The van der Waals surface area contributed by atoms with E-state index in [0.717, 1.165) is 13.0 Å². The Morgan fingerprint density at radius 2 is 2.33 bits per heavy atom. The molecule has 1 aromatic rings. The summed E-state index contributed by atoms with van der Waals surface area (Å²) in [5.41, 5.74) is 0. The molecular weight excluding hydrogens is 218 g/mol. The van der Waals surface area contributed by atoms with E-state index in [0.29, 0.717) is 5.75 Å². The van der Waals surface area contributed by atoms with E-state index in [1.165, 1.54) is 0 Å². The van der Waals surface area contributed by atoms with Crippen molar-refractivity contribution in [2.24, 2.45) is 5.14 Å². The molecule has 0 aliphatic heterocycles. The minimum Gasteiger partial charge on any atom is -0.489 e. The van der Waals surface area contributed by atoms with Crippen molar-refractivity contribution in [2.75, 3.05) is 12.4 Å². The monoisotopic (exact) mass is 233 g/mol. The maximum Gasteiger partial charge on any atom is 0.212 e. The first kappa shape index (κ1) is 12.0. The highest BCUT2D eigenvalue weighted by Gasteiger charge is 2.04. The van der Waals surface area contributed by atoms with Gasteiger partial charge in [-0.15, -0.1) is 0 Å². The number of rotatable bonds is 6. The zero-order chi connectivity index (χ0) is 11.3. The Kier molecular flexibility index (Phi) is 4.10. The Balaban J connectivity index is 2.38. The molecule has 1 rings (SSSR count). The second kappa shape index (κ2) is 5.13. The summed E-state index contributed by atoms with van der Waals surface area (Å²) in [5, 5.41) is 8.86. The quantitative estimate of drug-likeness (QED) is 0.746. The van der Waals surface area contributed by atoms with E-state index in [1.54, 1.807) is 17.1 Å². The largest absolute Gasteiger partial charge is 0.489 e. The fourth-order valence-corrected chi connectivity index (χ4v) is 1.36. The Hall–Kier alpha value is -1.08. The summed E-state index contributed by atoms with van der Waals surface area (Å²) >= 11 is 0. The van der Waals surface area contributed by atoms with Gasteiger partial charge in [-0.25, -0.2) is 13.6 Å². The van der Waals surface area contributed by atoms with E-state index in [1.807, 2.05) is 6.92 Å². The molecule has 7 heteroatoms. The van der Waals surface area contributed by atoms with Crippen LogP contribution in [0.25, 0.3) is 0 Å². The Morgan fingerprint density at radius 1 is 1.60 bits per heavy atom. The molecule has 0 bridgehead atoms. The maximum absolute atomic E-state index is 10.6. The van der Waals surface area contributed by atoms with Crippen LogP contribution >= 0.6 is 0 Å². The molecule has 15 heavy (non-hydrogen) atoms. The lowest BCUT2D eigenvalue weighted by atomic mass is 10.5. The molecular formula is C8H15N3O3S. The van der Waals surface area contributed by atoms with Crippen molar-refractivity contribution in [1.29, 1.82) is 0 Å². The van der Waals surface area contributed by atoms with Crippen LogP contribution in [0.3, 0.4) is 0 Å². The Labute approximate surface area is 89.1 Å². The van der Waals surface area contributed by atoms with E-state index >= 15 is 0 Å². The maximum atomic E-state index is 10.6. The predicted molar refractivity (Wildman–Crippen MR) is 56.0 cm³/mol. The molecule has 0 aliphatic rings. The lowest BCUT2D eigenvalue weighted by Crippen LogP contribution is -2.21. The predicted octanol–water partition coefficient (Wildman–Crippen LogP) is -0.0396. The summed E-state index contributed by atoms with van der Waals surface area (Å²) in [6.07, 6.45) is 4.27. The van der Waals surface area contributed by atoms with Crippen LogP contribution in [0.4, 0.5) is 0 Å². The molecule has 0 fully saturated rings. The molecule has 1 heterocycles.